The fraction of sp³-hybridized carbons (Fsp3) is 0.571. The predicted molar refractivity (Wildman–Crippen MR) is 83.4 cm³/mol. The summed E-state index contributed by atoms with van der Waals surface area (Å²) in [5.74, 6) is 0.552. The third-order valence-corrected chi connectivity index (χ3v) is 5.63. The molecule has 2 atom stereocenters. The van der Waals surface area contributed by atoms with Crippen LogP contribution in [0.2, 0.25) is 5.02 Å². The van der Waals surface area contributed by atoms with Gasteiger partial charge in [0.2, 0.25) is 10.0 Å². The van der Waals surface area contributed by atoms with E-state index in [4.69, 9.17) is 16.3 Å². The molecule has 2 rings (SSSR count). The molecule has 21 heavy (non-hydrogen) atoms. The molecule has 1 saturated heterocycles. The number of sulfonamides is 1. The molecule has 2 unspecified atom stereocenters. The van der Waals surface area contributed by atoms with Crippen LogP contribution in [0.4, 0.5) is 0 Å². The van der Waals surface area contributed by atoms with E-state index in [0.717, 1.165) is 25.9 Å². The monoisotopic (exact) mass is 332 g/mol. The number of ether oxygens (including phenoxy) is 1. The van der Waals surface area contributed by atoms with Gasteiger partial charge in [0.05, 0.1) is 7.11 Å². The summed E-state index contributed by atoms with van der Waals surface area (Å²) >= 11 is 5.87. The minimum atomic E-state index is -3.63. The maximum absolute atomic E-state index is 12.5. The average molecular weight is 333 g/mol. The third-order valence-electron chi connectivity index (χ3n) is 3.80. The highest BCUT2D eigenvalue weighted by Gasteiger charge is 2.27. The van der Waals surface area contributed by atoms with Gasteiger partial charge in [-0.2, -0.15) is 0 Å². The zero-order chi connectivity index (χ0) is 15.5. The molecule has 0 saturated carbocycles. The topological polar surface area (TPSA) is 67.4 Å². The first-order valence-corrected chi connectivity index (χ1v) is 8.87. The van der Waals surface area contributed by atoms with Crippen molar-refractivity contribution in [3.05, 3.63) is 23.2 Å². The second-order valence-corrected chi connectivity index (χ2v) is 7.43. The van der Waals surface area contributed by atoms with Crippen molar-refractivity contribution in [2.24, 2.45) is 5.92 Å². The van der Waals surface area contributed by atoms with Gasteiger partial charge in [-0.3, -0.25) is 0 Å². The van der Waals surface area contributed by atoms with E-state index in [1.165, 1.54) is 19.2 Å². The lowest BCUT2D eigenvalue weighted by Gasteiger charge is -2.28. The van der Waals surface area contributed by atoms with E-state index in [0.29, 0.717) is 10.9 Å². The SMILES string of the molecule is COc1cc(Cl)ccc1S(=O)(=O)NC(C)C1CCCNC1. The molecule has 0 bridgehead atoms. The van der Waals surface area contributed by atoms with Crippen LogP contribution in [0, 0.1) is 5.92 Å². The molecule has 0 spiro atoms. The molecular formula is C14H21ClN2O3S. The Bertz CT molecular complexity index is 586. The van der Waals surface area contributed by atoms with Crippen LogP contribution in [0.3, 0.4) is 0 Å². The Labute approximate surface area is 131 Å². The standard InChI is InChI=1S/C14H21ClN2O3S/c1-10(11-4-3-7-16-9-11)17-21(18,19)14-6-5-12(15)8-13(14)20-2/h5-6,8,10-11,16-17H,3-4,7,9H2,1-2H3. The van der Waals surface area contributed by atoms with Gasteiger partial charge in [-0.1, -0.05) is 11.6 Å². The van der Waals surface area contributed by atoms with Crippen LogP contribution >= 0.6 is 11.6 Å². The molecule has 1 aliphatic rings. The van der Waals surface area contributed by atoms with Crippen LogP contribution in [0.25, 0.3) is 0 Å². The van der Waals surface area contributed by atoms with Crippen LogP contribution in [0.5, 0.6) is 5.75 Å². The van der Waals surface area contributed by atoms with Gasteiger partial charge >= 0.3 is 0 Å². The molecule has 0 aliphatic carbocycles. The van der Waals surface area contributed by atoms with Gasteiger partial charge in [-0.05, 0) is 50.9 Å². The zero-order valence-electron chi connectivity index (χ0n) is 12.2. The number of halogens is 1. The minimum absolute atomic E-state index is 0.116. The lowest BCUT2D eigenvalue weighted by atomic mass is 9.94. The van der Waals surface area contributed by atoms with Crippen molar-refractivity contribution in [2.45, 2.75) is 30.7 Å². The Hall–Kier alpha value is -0.820. The molecule has 1 aromatic rings. The van der Waals surface area contributed by atoms with Gasteiger partial charge < -0.3 is 10.1 Å². The summed E-state index contributed by atoms with van der Waals surface area (Å²) in [7, 11) is -2.20. The Kier molecular flexibility index (Phi) is 5.48. The predicted octanol–water partition coefficient (Wildman–Crippen LogP) is 2.02. The Morgan fingerprint density at radius 2 is 2.24 bits per heavy atom. The lowest BCUT2D eigenvalue weighted by molar-refractivity contribution is 0.320. The van der Waals surface area contributed by atoms with Crippen molar-refractivity contribution in [1.29, 1.82) is 0 Å². The first-order valence-electron chi connectivity index (χ1n) is 7.00. The number of rotatable bonds is 5. The lowest BCUT2D eigenvalue weighted by Crippen LogP contribution is -2.44. The molecule has 2 N–H and O–H groups in total. The van der Waals surface area contributed by atoms with Gasteiger partial charge in [-0.25, -0.2) is 13.1 Å². The number of benzene rings is 1. The second kappa shape index (κ2) is 6.96. The fourth-order valence-corrected chi connectivity index (χ4v) is 4.20. The molecule has 0 amide bonds. The van der Waals surface area contributed by atoms with Crippen molar-refractivity contribution >= 4 is 21.6 Å². The summed E-state index contributed by atoms with van der Waals surface area (Å²) in [5, 5.41) is 3.73. The molecule has 118 valence electrons. The summed E-state index contributed by atoms with van der Waals surface area (Å²) in [6, 6.07) is 4.38. The maximum atomic E-state index is 12.5. The third kappa shape index (κ3) is 4.10. The quantitative estimate of drug-likeness (QED) is 0.865. The van der Waals surface area contributed by atoms with Crippen molar-refractivity contribution in [2.75, 3.05) is 20.2 Å². The molecule has 1 aliphatic heterocycles. The molecule has 5 nitrogen and oxygen atoms in total. The van der Waals surface area contributed by atoms with Crippen molar-refractivity contribution in [1.82, 2.24) is 10.0 Å². The van der Waals surface area contributed by atoms with Crippen LogP contribution in [-0.2, 0) is 10.0 Å². The maximum Gasteiger partial charge on any atom is 0.244 e. The van der Waals surface area contributed by atoms with Crippen molar-refractivity contribution in [3.8, 4) is 5.75 Å². The Morgan fingerprint density at radius 3 is 2.86 bits per heavy atom. The number of hydrogen-bond acceptors (Lipinski definition) is 4. The van der Waals surface area contributed by atoms with Gasteiger partial charge in [0, 0.05) is 17.1 Å². The number of nitrogens with one attached hydrogen (secondary N) is 2. The van der Waals surface area contributed by atoms with E-state index in [1.54, 1.807) is 6.07 Å². The molecule has 0 aromatic heterocycles. The summed E-state index contributed by atoms with van der Waals surface area (Å²) < 4.78 is 32.9. The van der Waals surface area contributed by atoms with Gasteiger partial charge in [0.1, 0.15) is 10.6 Å². The number of piperidine rings is 1. The van der Waals surface area contributed by atoms with E-state index in [9.17, 15) is 8.42 Å². The zero-order valence-corrected chi connectivity index (χ0v) is 13.8. The molecule has 1 fully saturated rings. The average Bonchev–Trinajstić information content (AvgIpc) is 2.47. The molecule has 1 aromatic carbocycles. The Morgan fingerprint density at radius 1 is 1.48 bits per heavy atom. The summed E-state index contributed by atoms with van der Waals surface area (Å²) in [5.41, 5.74) is 0. The van der Waals surface area contributed by atoms with Crippen LogP contribution in [0.15, 0.2) is 23.1 Å². The smallest absolute Gasteiger partial charge is 0.244 e. The molecule has 7 heteroatoms. The highest BCUT2D eigenvalue weighted by molar-refractivity contribution is 7.89. The van der Waals surface area contributed by atoms with Crippen LogP contribution < -0.4 is 14.8 Å². The molecular weight excluding hydrogens is 312 g/mol. The van der Waals surface area contributed by atoms with Gasteiger partial charge in [-0.15, -0.1) is 0 Å². The summed E-state index contributed by atoms with van der Waals surface area (Å²) in [6.07, 6.45) is 2.09. The highest BCUT2D eigenvalue weighted by Crippen LogP contribution is 2.27. The number of methoxy groups -OCH3 is 1. The van der Waals surface area contributed by atoms with E-state index in [1.807, 2.05) is 6.92 Å². The van der Waals surface area contributed by atoms with Crippen LogP contribution in [-0.4, -0.2) is 34.7 Å². The normalized spacial score (nSPS) is 21.0. The first-order chi connectivity index (χ1) is 9.94. The van der Waals surface area contributed by atoms with E-state index < -0.39 is 10.0 Å². The summed E-state index contributed by atoms with van der Waals surface area (Å²) in [6.45, 7) is 3.74. The van der Waals surface area contributed by atoms with E-state index >= 15 is 0 Å². The first kappa shape index (κ1) is 16.5. The van der Waals surface area contributed by atoms with E-state index in [2.05, 4.69) is 10.0 Å². The summed E-state index contributed by atoms with van der Waals surface area (Å²) in [4.78, 5) is 0.116. The van der Waals surface area contributed by atoms with Crippen molar-refractivity contribution < 1.29 is 13.2 Å². The largest absolute Gasteiger partial charge is 0.495 e. The minimum Gasteiger partial charge on any atom is -0.495 e. The van der Waals surface area contributed by atoms with E-state index in [-0.39, 0.29) is 16.7 Å². The Balaban J connectivity index is 2.17. The molecule has 0 radical (unpaired) electrons. The van der Waals surface area contributed by atoms with Crippen molar-refractivity contribution in [3.63, 3.8) is 0 Å². The fourth-order valence-electron chi connectivity index (χ4n) is 2.57. The second-order valence-electron chi connectivity index (χ2n) is 5.31. The molecule has 1 heterocycles. The van der Waals surface area contributed by atoms with Gasteiger partial charge in [0.15, 0.2) is 0 Å². The highest BCUT2D eigenvalue weighted by atomic mass is 35.5. The van der Waals surface area contributed by atoms with Crippen LogP contribution in [0.1, 0.15) is 19.8 Å². The number of hydrogen-bond donors (Lipinski definition) is 2. The van der Waals surface area contributed by atoms with Gasteiger partial charge in [0.25, 0.3) is 0 Å².